The molecule has 1 saturated heterocycles. The number of aromatic nitrogens is 5. The monoisotopic (exact) mass is 357 g/mol. The summed E-state index contributed by atoms with van der Waals surface area (Å²) in [5.74, 6) is -0.181. The van der Waals surface area contributed by atoms with Gasteiger partial charge in [0, 0.05) is 37.8 Å². The first kappa shape index (κ1) is 16.7. The third-order valence-electron chi connectivity index (χ3n) is 5.58. The van der Waals surface area contributed by atoms with E-state index in [0.717, 1.165) is 29.8 Å². The van der Waals surface area contributed by atoms with Gasteiger partial charge in [0.1, 0.15) is 0 Å². The molecule has 9 nitrogen and oxygen atoms in total. The number of rotatable bonds is 4. The average Bonchev–Trinajstić information content (AvgIpc) is 3.23. The van der Waals surface area contributed by atoms with Gasteiger partial charge in [-0.1, -0.05) is 5.21 Å². The Hall–Kier alpha value is -2.71. The molecule has 1 N–H and O–H groups in total. The zero-order valence-electron chi connectivity index (χ0n) is 15.4. The minimum atomic E-state index is -0.465. The topological polar surface area (TPSA) is 97.9 Å². The molecule has 138 valence electrons. The average molecular weight is 357 g/mol. The second kappa shape index (κ2) is 5.93. The summed E-state index contributed by atoms with van der Waals surface area (Å²) in [4.78, 5) is 27.6. The van der Waals surface area contributed by atoms with Crippen LogP contribution in [0.5, 0.6) is 0 Å². The molecule has 2 amide bonds. The van der Waals surface area contributed by atoms with Gasteiger partial charge in [-0.3, -0.25) is 19.0 Å². The molecule has 2 atom stereocenters. The van der Waals surface area contributed by atoms with Crippen LogP contribution >= 0.6 is 0 Å². The fourth-order valence-electron chi connectivity index (χ4n) is 3.68. The van der Waals surface area contributed by atoms with E-state index in [9.17, 15) is 9.59 Å². The van der Waals surface area contributed by atoms with Gasteiger partial charge < -0.3 is 10.2 Å². The maximum atomic E-state index is 13.0. The number of amides is 2. The number of aryl methyl sites for hydroxylation is 2. The van der Waals surface area contributed by atoms with Crippen LogP contribution in [0.25, 0.3) is 0 Å². The van der Waals surface area contributed by atoms with Crippen LogP contribution < -0.4 is 5.32 Å². The lowest BCUT2D eigenvalue weighted by Gasteiger charge is -2.27. The van der Waals surface area contributed by atoms with Crippen molar-refractivity contribution in [3.8, 4) is 0 Å². The van der Waals surface area contributed by atoms with Crippen molar-refractivity contribution in [2.45, 2.75) is 45.2 Å². The number of carbonyl (C=O) groups is 2. The maximum absolute atomic E-state index is 13.0. The molecule has 1 aliphatic heterocycles. The number of carbonyl (C=O) groups excluding carboxylic acids is 2. The summed E-state index contributed by atoms with van der Waals surface area (Å²) in [6, 6.07) is -0.0381. The summed E-state index contributed by atoms with van der Waals surface area (Å²) in [5.41, 5.74) is 2.70. The zero-order valence-corrected chi connectivity index (χ0v) is 15.4. The van der Waals surface area contributed by atoms with Crippen LogP contribution in [-0.2, 0) is 23.7 Å². The van der Waals surface area contributed by atoms with Gasteiger partial charge in [0.25, 0.3) is 0 Å². The molecule has 0 aromatic carbocycles. The van der Waals surface area contributed by atoms with Crippen LogP contribution in [0.1, 0.15) is 42.3 Å². The van der Waals surface area contributed by atoms with Crippen molar-refractivity contribution >= 4 is 17.6 Å². The standard InChI is InChI=1S/C17H23N7O2/c1-9-13(8-18-22(9)3)15-12(7-14(25)24(15)11-5-6-11)17(26)19-16-10(2)23(4)21-20-16/h8,11-12,15H,5-7H2,1-4H3,(H,19,26)/t12-,15-/m0/s1. The quantitative estimate of drug-likeness (QED) is 0.875. The number of likely N-dealkylation sites (tertiary alicyclic amines) is 1. The van der Waals surface area contributed by atoms with Gasteiger partial charge in [-0.2, -0.15) is 5.10 Å². The van der Waals surface area contributed by atoms with Gasteiger partial charge in [0.15, 0.2) is 5.82 Å². The van der Waals surface area contributed by atoms with Crippen molar-refractivity contribution < 1.29 is 9.59 Å². The lowest BCUT2D eigenvalue weighted by Crippen LogP contribution is -2.34. The first-order valence-corrected chi connectivity index (χ1v) is 8.85. The van der Waals surface area contributed by atoms with Gasteiger partial charge in [-0.25, -0.2) is 0 Å². The van der Waals surface area contributed by atoms with Crippen molar-refractivity contribution in [2.75, 3.05) is 5.32 Å². The number of nitrogens with zero attached hydrogens (tertiary/aromatic N) is 6. The highest BCUT2D eigenvalue weighted by atomic mass is 16.2. The van der Waals surface area contributed by atoms with Crippen LogP contribution in [0, 0.1) is 19.8 Å². The van der Waals surface area contributed by atoms with E-state index in [0.29, 0.717) is 5.82 Å². The molecule has 2 aromatic heterocycles. The van der Waals surface area contributed by atoms with Crippen LogP contribution in [0.15, 0.2) is 6.20 Å². The van der Waals surface area contributed by atoms with E-state index < -0.39 is 5.92 Å². The Bertz CT molecular complexity index is 880. The predicted molar refractivity (Wildman–Crippen MR) is 93.0 cm³/mol. The molecule has 1 saturated carbocycles. The SMILES string of the molecule is Cc1c([C@@H]2[C@@H](C(=O)Nc3nnn(C)c3C)CC(=O)N2C2CC2)cnn1C. The number of nitrogens with one attached hydrogen (secondary N) is 1. The van der Waals surface area contributed by atoms with Crippen molar-refractivity contribution in [3.63, 3.8) is 0 Å². The Kier molecular flexibility index (Phi) is 3.82. The second-order valence-electron chi connectivity index (χ2n) is 7.23. The molecule has 9 heteroatoms. The van der Waals surface area contributed by atoms with E-state index >= 15 is 0 Å². The Morgan fingerprint density at radius 3 is 2.46 bits per heavy atom. The highest BCUT2D eigenvalue weighted by Gasteiger charge is 2.50. The maximum Gasteiger partial charge on any atom is 0.231 e. The van der Waals surface area contributed by atoms with E-state index in [4.69, 9.17) is 0 Å². The van der Waals surface area contributed by atoms with E-state index in [2.05, 4.69) is 20.7 Å². The molecule has 0 unspecified atom stereocenters. The molecule has 4 rings (SSSR count). The van der Waals surface area contributed by atoms with E-state index in [1.807, 2.05) is 25.8 Å². The summed E-state index contributed by atoms with van der Waals surface area (Å²) < 4.78 is 3.39. The van der Waals surface area contributed by atoms with Gasteiger partial charge >= 0.3 is 0 Å². The van der Waals surface area contributed by atoms with E-state index in [1.165, 1.54) is 0 Å². The van der Waals surface area contributed by atoms with Crippen molar-refractivity contribution in [1.82, 2.24) is 29.7 Å². The third-order valence-corrected chi connectivity index (χ3v) is 5.58. The molecule has 2 aromatic rings. The molecule has 0 spiro atoms. The van der Waals surface area contributed by atoms with Crippen molar-refractivity contribution in [2.24, 2.45) is 20.0 Å². The Morgan fingerprint density at radius 2 is 1.92 bits per heavy atom. The molecular formula is C17H23N7O2. The highest BCUT2D eigenvalue weighted by molar-refractivity contribution is 5.97. The van der Waals surface area contributed by atoms with Gasteiger partial charge in [0.05, 0.1) is 23.9 Å². The lowest BCUT2D eigenvalue weighted by atomic mass is 9.93. The normalized spacial score (nSPS) is 22.9. The van der Waals surface area contributed by atoms with Crippen molar-refractivity contribution in [1.29, 1.82) is 0 Å². The molecule has 0 radical (unpaired) electrons. The minimum absolute atomic E-state index is 0.0387. The summed E-state index contributed by atoms with van der Waals surface area (Å²) in [6.45, 7) is 3.81. The molecule has 2 fully saturated rings. The largest absolute Gasteiger partial charge is 0.332 e. The van der Waals surface area contributed by atoms with Gasteiger partial charge in [0.2, 0.25) is 11.8 Å². The number of anilines is 1. The smallest absolute Gasteiger partial charge is 0.231 e. The minimum Gasteiger partial charge on any atom is -0.332 e. The lowest BCUT2D eigenvalue weighted by molar-refractivity contribution is -0.129. The van der Waals surface area contributed by atoms with E-state index in [-0.39, 0.29) is 30.3 Å². The number of hydrogen-bond acceptors (Lipinski definition) is 5. The van der Waals surface area contributed by atoms with Crippen molar-refractivity contribution in [3.05, 3.63) is 23.1 Å². The molecule has 3 heterocycles. The Labute approximate surface area is 151 Å². The van der Waals surface area contributed by atoms with Gasteiger partial charge in [-0.15, -0.1) is 5.10 Å². The highest BCUT2D eigenvalue weighted by Crippen LogP contribution is 2.46. The van der Waals surface area contributed by atoms with Crippen LogP contribution in [0.4, 0.5) is 5.82 Å². The van der Waals surface area contributed by atoms with Crippen LogP contribution in [0.3, 0.4) is 0 Å². The Balaban J connectivity index is 1.66. The number of hydrogen-bond donors (Lipinski definition) is 1. The molecule has 1 aliphatic carbocycles. The fraction of sp³-hybridized carbons (Fsp3) is 0.588. The van der Waals surface area contributed by atoms with Gasteiger partial charge in [-0.05, 0) is 26.7 Å². The summed E-state index contributed by atoms with van der Waals surface area (Å²) in [7, 11) is 3.64. The Morgan fingerprint density at radius 1 is 1.19 bits per heavy atom. The zero-order chi connectivity index (χ0) is 18.6. The molecule has 26 heavy (non-hydrogen) atoms. The van der Waals surface area contributed by atoms with Crippen LogP contribution in [-0.4, -0.2) is 47.5 Å². The molecule has 0 bridgehead atoms. The predicted octanol–water partition coefficient (Wildman–Crippen LogP) is 0.856. The summed E-state index contributed by atoms with van der Waals surface area (Å²) in [5, 5.41) is 15.1. The summed E-state index contributed by atoms with van der Waals surface area (Å²) >= 11 is 0. The molecular weight excluding hydrogens is 334 g/mol. The molecule has 2 aliphatic rings. The fourth-order valence-corrected chi connectivity index (χ4v) is 3.68. The van der Waals surface area contributed by atoms with Crippen LogP contribution in [0.2, 0.25) is 0 Å². The third kappa shape index (κ3) is 2.58. The first-order chi connectivity index (χ1) is 12.4. The summed E-state index contributed by atoms with van der Waals surface area (Å²) in [6.07, 6.45) is 3.99. The van der Waals surface area contributed by atoms with E-state index in [1.54, 1.807) is 22.6 Å². The second-order valence-corrected chi connectivity index (χ2v) is 7.23. The first-order valence-electron chi connectivity index (χ1n) is 8.85.